The van der Waals surface area contributed by atoms with Crippen LogP contribution in [0.3, 0.4) is 0 Å². The normalized spacial score (nSPS) is 13.2. The van der Waals surface area contributed by atoms with Crippen LogP contribution in [0.25, 0.3) is 0 Å². The number of hydrogen-bond acceptors (Lipinski definition) is 3. The van der Waals surface area contributed by atoms with Gasteiger partial charge in [-0.3, -0.25) is 9.79 Å². The average Bonchev–Trinajstić information content (AvgIpc) is 1.96. The lowest BCUT2D eigenvalue weighted by atomic mass is 10.3. The maximum atomic E-state index is 10.7. The van der Waals surface area contributed by atoms with Crippen LogP contribution in [0.1, 0.15) is 26.7 Å². The second-order valence-corrected chi connectivity index (χ2v) is 2.50. The van der Waals surface area contributed by atoms with E-state index in [1.807, 2.05) is 6.92 Å². The molecule has 0 saturated heterocycles. The van der Waals surface area contributed by atoms with Crippen LogP contribution >= 0.6 is 0 Å². The van der Waals surface area contributed by atoms with Gasteiger partial charge in [-0.1, -0.05) is 13.3 Å². The summed E-state index contributed by atoms with van der Waals surface area (Å²) in [5.41, 5.74) is 10.9. The second kappa shape index (κ2) is 5.35. The predicted octanol–water partition coefficient (Wildman–Crippen LogP) is 0.533. The Morgan fingerprint density at radius 1 is 1.50 bits per heavy atom. The van der Waals surface area contributed by atoms with E-state index in [4.69, 9.17) is 11.5 Å². The van der Waals surface area contributed by atoms with Crippen LogP contribution in [0.5, 0.6) is 0 Å². The van der Waals surface area contributed by atoms with Crippen molar-refractivity contribution >= 4 is 12.1 Å². The highest BCUT2D eigenvalue weighted by atomic mass is 16.1. The molecule has 1 amide bonds. The summed E-state index contributed by atoms with van der Waals surface area (Å²) < 4.78 is 0. The van der Waals surface area contributed by atoms with Gasteiger partial charge in [-0.15, -0.1) is 0 Å². The number of nitrogens with zero attached hydrogens (tertiary/aromatic N) is 1. The summed E-state index contributed by atoms with van der Waals surface area (Å²) in [5.74, 6) is -0.581. The van der Waals surface area contributed by atoms with E-state index in [2.05, 4.69) is 4.99 Å². The largest absolute Gasteiger partial charge is 0.400 e. The molecule has 0 rings (SSSR count). The van der Waals surface area contributed by atoms with Crippen LogP contribution in [0.15, 0.2) is 16.4 Å². The Kier molecular flexibility index (Phi) is 4.76. The van der Waals surface area contributed by atoms with Crippen LogP contribution in [0.2, 0.25) is 0 Å². The Hall–Kier alpha value is -1.32. The van der Waals surface area contributed by atoms with Crippen molar-refractivity contribution < 1.29 is 4.79 Å². The summed E-state index contributed by atoms with van der Waals surface area (Å²) in [4.78, 5) is 14.6. The van der Waals surface area contributed by atoms with Crippen molar-refractivity contribution in [1.82, 2.24) is 0 Å². The predicted molar refractivity (Wildman–Crippen MR) is 49.5 cm³/mol. The molecule has 0 fully saturated rings. The molecule has 0 unspecified atom stereocenters. The van der Waals surface area contributed by atoms with E-state index >= 15 is 0 Å². The van der Waals surface area contributed by atoms with E-state index in [-0.39, 0.29) is 5.70 Å². The van der Waals surface area contributed by atoms with Gasteiger partial charge in [0.05, 0.1) is 0 Å². The Balaban J connectivity index is 4.37. The number of hydrogen-bond donors (Lipinski definition) is 2. The first-order valence-corrected chi connectivity index (χ1v) is 3.88. The highest BCUT2D eigenvalue weighted by Gasteiger charge is 2.03. The molecule has 0 aromatic heterocycles. The van der Waals surface area contributed by atoms with E-state index in [0.29, 0.717) is 5.70 Å². The van der Waals surface area contributed by atoms with Gasteiger partial charge in [-0.05, 0) is 13.3 Å². The molecule has 0 saturated carbocycles. The first-order chi connectivity index (χ1) is 5.59. The second-order valence-electron chi connectivity index (χ2n) is 2.50. The van der Waals surface area contributed by atoms with E-state index < -0.39 is 5.91 Å². The molecule has 4 nitrogen and oxygen atoms in total. The molecule has 0 aliphatic heterocycles. The third-order valence-electron chi connectivity index (χ3n) is 1.25. The van der Waals surface area contributed by atoms with Crippen LogP contribution in [0, 0.1) is 0 Å². The molecule has 0 aromatic carbocycles. The molecule has 0 spiro atoms. The van der Waals surface area contributed by atoms with Gasteiger partial charge in [0.1, 0.15) is 5.70 Å². The topological polar surface area (TPSA) is 81.5 Å². The van der Waals surface area contributed by atoms with Gasteiger partial charge in [0, 0.05) is 11.9 Å². The Morgan fingerprint density at radius 2 is 2.08 bits per heavy atom. The molecule has 0 heterocycles. The highest BCUT2D eigenvalue weighted by molar-refractivity contribution is 5.93. The van der Waals surface area contributed by atoms with Gasteiger partial charge in [0.25, 0.3) is 5.91 Å². The Morgan fingerprint density at radius 3 is 2.42 bits per heavy atom. The lowest BCUT2D eigenvalue weighted by Crippen LogP contribution is -2.16. The smallest absolute Gasteiger partial charge is 0.269 e. The van der Waals surface area contributed by atoms with Crippen molar-refractivity contribution in [2.45, 2.75) is 26.7 Å². The van der Waals surface area contributed by atoms with Crippen molar-refractivity contribution in [3.63, 3.8) is 0 Å². The van der Waals surface area contributed by atoms with Crippen LogP contribution in [0.4, 0.5) is 0 Å². The fourth-order valence-corrected chi connectivity index (χ4v) is 0.645. The molecule has 0 atom stereocenters. The number of nitrogens with two attached hydrogens (primary N) is 2. The fraction of sp³-hybridized carbons (Fsp3) is 0.500. The first-order valence-electron chi connectivity index (χ1n) is 3.88. The number of rotatable bonds is 4. The molecule has 0 aliphatic carbocycles. The minimum absolute atomic E-state index is 0.156. The molecule has 12 heavy (non-hydrogen) atoms. The maximum Gasteiger partial charge on any atom is 0.269 e. The number of allylic oxidation sites excluding steroid dienone is 1. The van der Waals surface area contributed by atoms with Gasteiger partial charge in [-0.25, -0.2) is 0 Å². The van der Waals surface area contributed by atoms with E-state index in [1.54, 1.807) is 13.1 Å². The third kappa shape index (κ3) is 3.75. The number of carbonyl (C=O) groups excluding carboxylic acids is 1. The zero-order valence-electron chi connectivity index (χ0n) is 7.50. The van der Waals surface area contributed by atoms with Crippen molar-refractivity contribution in [3.05, 3.63) is 11.4 Å². The van der Waals surface area contributed by atoms with Crippen molar-refractivity contribution in [2.75, 3.05) is 0 Å². The van der Waals surface area contributed by atoms with Crippen LogP contribution in [-0.4, -0.2) is 12.1 Å². The first kappa shape index (κ1) is 10.7. The van der Waals surface area contributed by atoms with Gasteiger partial charge < -0.3 is 11.5 Å². The third-order valence-corrected chi connectivity index (χ3v) is 1.25. The molecular weight excluding hydrogens is 154 g/mol. The number of aliphatic imine (C=N–C) groups is 1. The standard InChI is InChI=1S/C8H15N3O/c1-3-4-5-11-7(6(2)9)8(10)12/h5H,3-4,9H2,1-2H3,(H2,10,12)/b7-6+,11-5-. The van der Waals surface area contributed by atoms with Crippen molar-refractivity contribution in [2.24, 2.45) is 16.5 Å². The fourth-order valence-electron chi connectivity index (χ4n) is 0.645. The van der Waals surface area contributed by atoms with Crippen LogP contribution < -0.4 is 11.5 Å². The molecular formula is C8H15N3O. The lowest BCUT2D eigenvalue weighted by Gasteiger charge is -1.97. The van der Waals surface area contributed by atoms with E-state index in [0.717, 1.165) is 12.8 Å². The highest BCUT2D eigenvalue weighted by Crippen LogP contribution is 1.99. The monoisotopic (exact) mass is 169 g/mol. The van der Waals surface area contributed by atoms with Crippen molar-refractivity contribution in [3.8, 4) is 0 Å². The van der Waals surface area contributed by atoms with Gasteiger partial charge in [-0.2, -0.15) is 0 Å². The van der Waals surface area contributed by atoms with Crippen LogP contribution in [-0.2, 0) is 4.79 Å². The minimum Gasteiger partial charge on any atom is -0.400 e. The molecule has 0 aliphatic rings. The summed E-state index contributed by atoms with van der Waals surface area (Å²) in [6.07, 6.45) is 3.46. The van der Waals surface area contributed by atoms with E-state index in [9.17, 15) is 4.79 Å². The zero-order chi connectivity index (χ0) is 9.56. The van der Waals surface area contributed by atoms with E-state index in [1.165, 1.54) is 0 Å². The number of primary amides is 1. The van der Waals surface area contributed by atoms with Gasteiger partial charge >= 0.3 is 0 Å². The number of carbonyl (C=O) groups is 1. The lowest BCUT2D eigenvalue weighted by molar-refractivity contribution is -0.114. The summed E-state index contributed by atoms with van der Waals surface area (Å²) >= 11 is 0. The SMILES string of the molecule is CCC/C=N\C(C(N)=O)=C(/C)N. The zero-order valence-corrected chi connectivity index (χ0v) is 7.50. The maximum absolute atomic E-state index is 10.7. The average molecular weight is 169 g/mol. The van der Waals surface area contributed by atoms with Gasteiger partial charge in [0.15, 0.2) is 0 Å². The molecule has 4 heteroatoms. The summed E-state index contributed by atoms with van der Waals surface area (Å²) in [6, 6.07) is 0. The van der Waals surface area contributed by atoms with Gasteiger partial charge in [0.2, 0.25) is 0 Å². The molecule has 4 N–H and O–H groups in total. The number of amides is 1. The Bertz CT molecular complexity index is 214. The summed E-state index contributed by atoms with van der Waals surface area (Å²) in [7, 11) is 0. The molecule has 0 bridgehead atoms. The minimum atomic E-state index is -0.581. The number of unbranched alkanes of at least 4 members (excludes halogenated alkanes) is 1. The molecule has 0 radical (unpaired) electrons. The quantitative estimate of drug-likeness (QED) is 0.475. The molecule has 68 valence electrons. The Labute approximate surface area is 72.3 Å². The molecule has 0 aromatic rings. The van der Waals surface area contributed by atoms with Crippen molar-refractivity contribution in [1.29, 1.82) is 0 Å². The summed E-state index contributed by atoms with van der Waals surface area (Å²) in [6.45, 7) is 3.62. The summed E-state index contributed by atoms with van der Waals surface area (Å²) in [5, 5.41) is 0.